The second kappa shape index (κ2) is 6.97. The van der Waals surface area contributed by atoms with Crippen LogP contribution in [0.1, 0.15) is 44.5 Å². The Kier molecular flexibility index (Phi) is 5.58. The lowest BCUT2D eigenvalue weighted by molar-refractivity contribution is -0.125. The number of aromatic nitrogens is 2. The summed E-state index contributed by atoms with van der Waals surface area (Å²) in [6.07, 6.45) is 0.428. The highest BCUT2D eigenvalue weighted by Gasteiger charge is 2.28. The van der Waals surface area contributed by atoms with Crippen LogP contribution < -0.4 is 0 Å². The van der Waals surface area contributed by atoms with Gasteiger partial charge >= 0.3 is 6.09 Å². The number of hydrogen-bond acceptors (Lipinski definition) is 7. The Labute approximate surface area is 122 Å². The molecule has 0 bridgehead atoms. The van der Waals surface area contributed by atoms with Crippen molar-refractivity contribution in [2.75, 3.05) is 6.61 Å². The fraction of sp³-hybridized carbons (Fsp3) is 0.538. The van der Waals surface area contributed by atoms with E-state index in [1.807, 2.05) is 6.07 Å². The molecule has 8 heteroatoms. The Morgan fingerprint density at radius 2 is 2.24 bits per heavy atom. The molecule has 1 aromatic rings. The number of nitrogens with zero attached hydrogens (tertiary/aromatic N) is 4. The maximum Gasteiger partial charge on any atom is 0.434 e. The summed E-state index contributed by atoms with van der Waals surface area (Å²) >= 11 is 0. The molecule has 0 saturated heterocycles. The van der Waals surface area contributed by atoms with Crippen molar-refractivity contribution in [1.29, 1.82) is 5.26 Å². The summed E-state index contributed by atoms with van der Waals surface area (Å²) in [5.74, 6) is 0. The van der Waals surface area contributed by atoms with Gasteiger partial charge in [-0.3, -0.25) is 5.21 Å². The zero-order valence-electron chi connectivity index (χ0n) is 12.1. The van der Waals surface area contributed by atoms with Crippen LogP contribution in [0.2, 0.25) is 0 Å². The van der Waals surface area contributed by atoms with Crippen LogP contribution in [-0.4, -0.2) is 43.9 Å². The first-order valence-electron chi connectivity index (χ1n) is 6.33. The maximum absolute atomic E-state index is 11.9. The van der Waals surface area contributed by atoms with E-state index >= 15 is 0 Å². The molecule has 2 N–H and O–H groups in total. The number of rotatable bonds is 4. The lowest BCUT2D eigenvalue weighted by Crippen LogP contribution is -2.37. The summed E-state index contributed by atoms with van der Waals surface area (Å²) in [5.41, 5.74) is -0.340. The van der Waals surface area contributed by atoms with E-state index in [2.05, 4.69) is 10.2 Å². The second-order valence-electron chi connectivity index (χ2n) is 5.34. The van der Waals surface area contributed by atoms with Gasteiger partial charge in [-0.1, -0.05) is 0 Å². The molecule has 0 fully saturated rings. The summed E-state index contributed by atoms with van der Waals surface area (Å²) in [6.45, 7) is 4.74. The van der Waals surface area contributed by atoms with Crippen molar-refractivity contribution >= 4 is 6.09 Å². The van der Waals surface area contributed by atoms with Crippen molar-refractivity contribution in [3.63, 3.8) is 0 Å². The monoisotopic (exact) mass is 294 g/mol. The minimum atomic E-state index is -0.948. The Balaban J connectivity index is 3.00. The predicted octanol–water partition coefficient (Wildman–Crippen LogP) is 1.40. The van der Waals surface area contributed by atoms with Gasteiger partial charge in [-0.05, 0) is 33.3 Å². The quantitative estimate of drug-likeness (QED) is 0.636. The van der Waals surface area contributed by atoms with Crippen LogP contribution in [0.4, 0.5) is 4.79 Å². The van der Waals surface area contributed by atoms with Gasteiger partial charge in [0, 0.05) is 12.2 Å². The van der Waals surface area contributed by atoms with Gasteiger partial charge in [0.1, 0.15) is 11.7 Å². The van der Waals surface area contributed by atoms with Gasteiger partial charge < -0.3 is 9.84 Å². The molecule has 8 nitrogen and oxygen atoms in total. The van der Waals surface area contributed by atoms with Gasteiger partial charge in [0.15, 0.2) is 5.69 Å². The molecule has 0 spiro atoms. The summed E-state index contributed by atoms with van der Waals surface area (Å²) in [4.78, 5) is 11.9. The Morgan fingerprint density at radius 1 is 1.57 bits per heavy atom. The third-order valence-electron chi connectivity index (χ3n) is 2.45. The number of hydrogen-bond donors (Lipinski definition) is 2. The second-order valence-corrected chi connectivity index (χ2v) is 5.34. The van der Waals surface area contributed by atoms with Gasteiger partial charge in [0.2, 0.25) is 0 Å². The molecule has 0 aliphatic heterocycles. The van der Waals surface area contributed by atoms with Crippen molar-refractivity contribution in [2.45, 2.75) is 38.8 Å². The first-order valence-corrected chi connectivity index (χ1v) is 6.33. The number of aliphatic hydroxyl groups is 1. The Hall–Kier alpha value is -2.24. The number of aliphatic hydroxyl groups excluding tert-OH is 1. The van der Waals surface area contributed by atoms with Gasteiger partial charge in [-0.2, -0.15) is 15.4 Å². The van der Waals surface area contributed by atoms with Gasteiger partial charge in [-0.25, -0.2) is 4.79 Å². The van der Waals surface area contributed by atoms with Crippen LogP contribution in [0.15, 0.2) is 12.3 Å². The normalized spacial score (nSPS) is 12.4. The molecular weight excluding hydrogens is 276 g/mol. The van der Waals surface area contributed by atoms with Crippen molar-refractivity contribution in [3.8, 4) is 6.07 Å². The zero-order valence-corrected chi connectivity index (χ0v) is 12.1. The van der Waals surface area contributed by atoms with Gasteiger partial charge in [0.05, 0.1) is 12.2 Å². The van der Waals surface area contributed by atoms with E-state index < -0.39 is 17.7 Å². The minimum Gasteiger partial charge on any atom is -0.442 e. The highest BCUT2D eigenvalue weighted by molar-refractivity contribution is 5.67. The molecule has 0 saturated carbocycles. The molecule has 0 aliphatic rings. The average Bonchev–Trinajstić information content (AvgIpc) is 2.42. The number of hydroxylamine groups is 2. The summed E-state index contributed by atoms with van der Waals surface area (Å²) in [5, 5.41) is 35.5. The van der Waals surface area contributed by atoms with Crippen LogP contribution in [0.3, 0.4) is 0 Å². The van der Waals surface area contributed by atoms with E-state index in [4.69, 9.17) is 15.1 Å². The highest BCUT2D eigenvalue weighted by atomic mass is 16.6. The Morgan fingerprint density at radius 3 is 2.76 bits per heavy atom. The van der Waals surface area contributed by atoms with Crippen molar-refractivity contribution in [2.24, 2.45) is 0 Å². The summed E-state index contributed by atoms with van der Waals surface area (Å²) < 4.78 is 5.06. The van der Waals surface area contributed by atoms with E-state index in [9.17, 15) is 10.0 Å². The smallest absolute Gasteiger partial charge is 0.434 e. The molecule has 1 aromatic heterocycles. The average molecular weight is 294 g/mol. The molecule has 1 rings (SSSR count). The number of nitriles is 1. The number of amides is 1. The SMILES string of the molecule is CC(C)(C)OC(=O)N(O)C(CCO)c1cnnc(C#N)c1. The zero-order chi connectivity index (χ0) is 16.0. The van der Waals surface area contributed by atoms with E-state index in [1.165, 1.54) is 12.3 Å². The van der Waals surface area contributed by atoms with Crippen LogP contribution in [0, 0.1) is 11.3 Å². The third-order valence-corrected chi connectivity index (χ3v) is 2.45. The van der Waals surface area contributed by atoms with Crippen LogP contribution in [0.25, 0.3) is 0 Å². The number of carbonyl (C=O) groups is 1. The summed E-state index contributed by atoms with van der Waals surface area (Å²) in [6, 6.07) is 2.33. The number of ether oxygens (including phenoxy) is 1. The first-order chi connectivity index (χ1) is 9.78. The molecular formula is C13H18N4O4. The molecule has 1 heterocycles. The fourth-order valence-corrected chi connectivity index (χ4v) is 1.61. The van der Waals surface area contributed by atoms with E-state index in [0.717, 1.165) is 0 Å². The third kappa shape index (κ3) is 4.98. The molecule has 1 atom stereocenters. The van der Waals surface area contributed by atoms with Crippen molar-refractivity contribution in [3.05, 3.63) is 23.5 Å². The molecule has 114 valence electrons. The Bertz CT molecular complexity index is 536. The van der Waals surface area contributed by atoms with Gasteiger partial charge in [0.25, 0.3) is 0 Å². The molecule has 1 unspecified atom stereocenters. The van der Waals surface area contributed by atoms with E-state index in [0.29, 0.717) is 10.6 Å². The minimum absolute atomic E-state index is 0.0491. The first kappa shape index (κ1) is 16.8. The van der Waals surface area contributed by atoms with Gasteiger partial charge in [-0.15, -0.1) is 5.10 Å². The van der Waals surface area contributed by atoms with Crippen LogP contribution >= 0.6 is 0 Å². The van der Waals surface area contributed by atoms with Crippen molar-refractivity contribution < 1.29 is 19.8 Å². The fourth-order valence-electron chi connectivity index (χ4n) is 1.61. The molecule has 1 amide bonds. The van der Waals surface area contributed by atoms with Crippen LogP contribution in [-0.2, 0) is 4.74 Å². The molecule has 21 heavy (non-hydrogen) atoms. The standard InChI is InChI=1S/C13H18N4O4/c1-13(2,3)21-12(19)17(20)11(4-5-18)9-6-10(7-14)16-15-8-9/h6,8,11,18,20H,4-5H2,1-3H3. The lowest BCUT2D eigenvalue weighted by Gasteiger charge is -2.28. The van der Waals surface area contributed by atoms with E-state index in [-0.39, 0.29) is 18.7 Å². The topological polar surface area (TPSA) is 120 Å². The largest absolute Gasteiger partial charge is 0.442 e. The predicted molar refractivity (Wildman–Crippen MR) is 71.1 cm³/mol. The molecule has 0 aromatic carbocycles. The number of carbonyl (C=O) groups excluding carboxylic acids is 1. The maximum atomic E-state index is 11.9. The van der Waals surface area contributed by atoms with Crippen LogP contribution in [0.5, 0.6) is 0 Å². The lowest BCUT2D eigenvalue weighted by atomic mass is 10.1. The summed E-state index contributed by atoms with van der Waals surface area (Å²) in [7, 11) is 0. The highest BCUT2D eigenvalue weighted by Crippen LogP contribution is 2.24. The molecule has 0 aliphatic carbocycles. The molecule has 0 radical (unpaired) electrons. The van der Waals surface area contributed by atoms with E-state index in [1.54, 1.807) is 20.8 Å². The van der Waals surface area contributed by atoms with Crippen molar-refractivity contribution in [1.82, 2.24) is 15.3 Å².